The quantitative estimate of drug-likeness (QED) is 0.782. The fourth-order valence-corrected chi connectivity index (χ4v) is 3.60. The second kappa shape index (κ2) is 5.76. The summed E-state index contributed by atoms with van der Waals surface area (Å²) in [5, 5.41) is 3.95. The Morgan fingerprint density at radius 1 is 1.53 bits per heavy atom. The van der Waals surface area contributed by atoms with Gasteiger partial charge in [-0.25, -0.2) is 0 Å². The molecule has 96 valence electrons. The Labute approximate surface area is 107 Å². The van der Waals surface area contributed by atoms with Crippen LogP contribution in [0.1, 0.15) is 32.6 Å². The number of ether oxygens (including phenoxy) is 1. The summed E-state index contributed by atoms with van der Waals surface area (Å²) >= 11 is 1.75. The zero-order valence-corrected chi connectivity index (χ0v) is 11.1. The molecule has 5 heteroatoms. The first kappa shape index (κ1) is 12.7. The molecule has 0 saturated heterocycles. The van der Waals surface area contributed by atoms with Gasteiger partial charge in [-0.15, -0.1) is 0 Å². The smallest absolute Gasteiger partial charge is 0.325 e. The van der Waals surface area contributed by atoms with Crippen molar-refractivity contribution in [1.29, 1.82) is 0 Å². The van der Waals surface area contributed by atoms with Crippen molar-refractivity contribution in [3.8, 4) is 0 Å². The van der Waals surface area contributed by atoms with E-state index < -0.39 is 0 Å². The summed E-state index contributed by atoms with van der Waals surface area (Å²) in [6, 6.07) is 0. The lowest BCUT2D eigenvalue weighted by molar-refractivity contribution is -0.141. The molecule has 4 nitrogen and oxygen atoms in total. The number of rotatable bonds is 3. The molecular weight excluding hydrogens is 236 g/mol. The van der Waals surface area contributed by atoms with E-state index in [-0.39, 0.29) is 12.5 Å². The predicted octanol–water partition coefficient (Wildman–Crippen LogP) is 1.80. The summed E-state index contributed by atoms with van der Waals surface area (Å²) in [7, 11) is 0. The number of thioether (sulfide) groups is 1. The van der Waals surface area contributed by atoms with E-state index in [1.165, 1.54) is 25.7 Å². The highest BCUT2D eigenvalue weighted by atomic mass is 32.2. The molecule has 1 saturated carbocycles. The van der Waals surface area contributed by atoms with Crippen molar-refractivity contribution in [2.24, 2.45) is 10.4 Å². The van der Waals surface area contributed by atoms with Crippen LogP contribution in [0.5, 0.6) is 0 Å². The highest BCUT2D eigenvalue weighted by Gasteiger charge is 2.36. The van der Waals surface area contributed by atoms with E-state index in [9.17, 15) is 4.79 Å². The maximum atomic E-state index is 11.2. The van der Waals surface area contributed by atoms with Crippen LogP contribution >= 0.6 is 11.8 Å². The second-order valence-electron chi connectivity index (χ2n) is 4.78. The average Bonchev–Trinajstić information content (AvgIpc) is 2.78. The van der Waals surface area contributed by atoms with Gasteiger partial charge in [0.2, 0.25) is 0 Å². The number of carbonyl (C=O) groups is 1. The highest BCUT2D eigenvalue weighted by Crippen LogP contribution is 2.43. The zero-order chi connectivity index (χ0) is 12.1. The van der Waals surface area contributed by atoms with Crippen LogP contribution in [0.15, 0.2) is 4.99 Å². The van der Waals surface area contributed by atoms with Gasteiger partial charge in [0.25, 0.3) is 0 Å². The summed E-state index contributed by atoms with van der Waals surface area (Å²) in [6.45, 7) is 3.40. The van der Waals surface area contributed by atoms with E-state index in [1.807, 2.05) is 6.92 Å². The first-order valence-corrected chi connectivity index (χ1v) is 7.29. The van der Waals surface area contributed by atoms with Crippen molar-refractivity contribution < 1.29 is 9.53 Å². The highest BCUT2D eigenvalue weighted by molar-refractivity contribution is 8.13. The molecule has 1 aliphatic carbocycles. The Morgan fingerprint density at radius 2 is 2.29 bits per heavy atom. The van der Waals surface area contributed by atoms with Crippen LogP contribution in [-0.4, -0.2) is 36.6 Å². The summed E-state index contributed by atoms with van der Waals surface area (Å²) in [5.41, 5.74) is 0.458. The molecule has 0 aromatic rings. The van der Waals surface area contributed by atoms with Crippen LogP contribution in [-0.2, 0) is 9.53 Å². The number of carbonyl (C=O) groups excluding carboxylic acids is 1. The number of hydrogen-bond acceptors (Lipinski definition) is 5. The van der Waals surface area contributed by atoms with Gasteiger partial charge in [-0.1, -0.05) is 24.6 Å². The van der Waals surface area contributed by atoms with E-state index in [1.54, 1.807) is 11.8 Å². The largest absolute Gasteiger partial charge is 0.465 e. The molecule has 1 heterocycles. The van der Waals surface area contributed by atoms with Crippen LogP contribution in [0, 0.1) is 5.41 Å². The van der Waals surface area contributed by atoms with E-state index in [0.717, 1.165) is 17.5 Å². The van der Waals surface area contributed by atoms with Gasteiger partial charge in [-0.3, -0.25) is 9.79 Å². The van der Waals surface area contributed by atoms with Gasteiger partial charge >= 0.3 is 5.97 Å². The van der Waals surface area contributed by atoms with Crippen molar-refractivity contribution in [3.05, 3.63) is 0 Å². The number of amidine groups is 1. The third-order valence-corrected chi connectivity index (χ3v) is 4.73. The Morgan fingerprint density at radius 3 is 2.88 bits per heavy atom. The second-order valence-corrected chi connectivity index (χ2v) is 5.74. The molecule has 0 radical (unpaired) electrons. The standard InChI is InChI=1S/C12H20N2O2S/c1-2-16-10(15)7-13-11-14-8-12(9-17-11)5-3-4-6-12/h2-9H2,1H3,(H,13,14). The number of esters is 1. The van der Waals surface area contributed by atoms with Crippen molar-refractivity contribution >= 4 is 22.9 Å². The molecule has 2 rings (SSSR count). The Balaban J connectivity index is 1.76. The number of nitrogens with zero attached hydrogens (tertiary/aromatic N) is 1. The Bertz CT molecular complexity index is 312. The third kappa shape index (κ3) is 3.37. The van der Waals surface area contributed by atoms with Gasteiger partial charge in [-0.2, -0.15) is 0 Å². The van der Waals surface area contributed by atoms with E-state index in [0.29, 0.717) is 12.0 Å². The first-order valence-electron chi connectivity index (χ1n) is 6.31. The minimum Gasteiger partial charge on any atom is -0.465 e. The van der Waals surface area contributed by atoms with Crippen LogP contribution in [0.2, 0.25) is 0 Å². The topological polar surface area (TPSA) is 50.7 Å². The SMILES string of the molecule is CCOC(=O)CNC1=NCC2(CCCC2)CS1. The van der Waals surface area contributed by atoms with Crippen LogP contribution < -0.4 is 5.32 Å². The fraction of sp³-hybridized carbons (Fsp3) is 0.833. The van der Waals surface area contributed by atoms with Crippen LogP contribution in [0.3, 0.4) is 0 Å². The number of aliphatic imine (C=N–C) groups is 1. The average molecular weight is 256 g/mol. The summed E-state index contributed by atoms with van der Waals surface area (Å²) in [5.74, 6) is 0.929. The van der Waals surface area contributed by atoms with Crippen molar-refractivity contribution in [3.63, 3.8) is 0 Å². The lowest BCUT2D eigenvalue weighted by atomic mass is 9.89. The fourth-order valence-electron chi connectivity index (χ4n) is 2.45. The first-order chi connectivity index (χ1) is 8.24. The molecule has 1 fully saturated rings. The molecule has 0 aromatic carbocycles. The zero-order valence-electron chi connectivity index (χ0n) is 10.3. The van der Waals surface area contributed by atoms with E-state index in [4.69, 9.17) is 4.74 Å². The number of hydrogen-bond donors (Lipinski definition) is 1. The Hall–Kier alpha value is -0.710. The maximum Gasteiger partial charge on any atom is 0.325 e. The molecule has 1 N–H and O–H groups in total. The summed E-state index contributed by atoms with van der Waals surface area (Å²) < 4.78 is 4.86. The molecule has 0 unspecified atom stereocenters. The third-order valence-electron chi connectivity index (χ3n) is 3.43. The molecule has 1 aliphatic heterocycles. The monoisotopic (exact) mass is 256 g/mol. The number of nitrogens with one attached hydrogen (secondary N) is 1. The van der Waals surface area contributed by atoms with E-state index in [2.05, 4.69) is 10.3 Å². The lowest BCUT2D eigenvalue weighted by Gasteiger charge is -2.30. The normalized spacial score (nSPS) is 22.3. The molecular formula is C12H20N2O2S. The van der Waals surface area contributed by atoms with Crippen LogP contribution in [0.4, 0.5) is 0 Å². The van der Waals surface area contributed by atoms with Crippen molar-refractivity contribution in [2.75, 3.05) is 25.4 Å². The molecule has 0 bridgehead atoms. The van der Waals surface area contributed by atoms with Gasteiger partial charge in [-0.05, 0) is 25.2 Å². The van der Waals surface area contributed by atoms with Gasteiger partial charge in [0.15, 0.2) is 5.17 Å². The molecule has 2 aliphatic rings. The van der Waals surface area contributed by atoms with Gasteiger partial charge in [0, 0.05) is 12.3 Å². The molecule has 17 heavy (non-hydrogen) atoms. The van der Waals surface area contributed by atoms with Gasteiger partial charge in [0.1, 0.15) is 6.54 Å². The maximum absolute atomic E-state index is 11.2. The summed E-state index contributed by atoms with van der Waals surface area (Å²) in [6.07, 6.45) is 5.33. The molecule has 0 atom stereocenters. The predicted molar refractivity (Wildman–Crippen MR) is 70.3 cm³/mol. The van der Waals surface area contributed by atoms with Crippen molar-refractivity contribution in [2.45, 2.75) is 32.6 Å². The Kier molecular flexibility index (Phi) is 4.31. The minimum absolute atomic E-state index is 0.211. The molecule has 0 amide bonds. The van der Waals surface area contributed by atoms with Crippen LogP contribution in [0.25, 0.3) is 0 Å². The van der Waals surface area contributed by atoms with Gasteiger partial charge in [0.05, 0.1) is 6.61 Å². The minimum atomic E-state index is -0.211. The summed E-state index contributed by atoms with van der Waals surface area (Å²) in [4.78, 5) is 15.7. The van der Waals surface area contributed by atoms with E-state index >= 15 is 0 Å². The molecule has 0 aromatic heterocycles. The molecule has 1 spiro atoms. The van der Waals surface area contributed by atoms with Gasteiger partial charge < -0.3 is 10.1 Å². The lowest BCUT2D eigenvalue weighted by Crippen LogP contribution is -2.35. The van der Waals surface area contributed by atoms with Crippen molar-refractivity contribution in [1.82, 2.24) is 5.32 Å².